The zero-order valence-corrected chi connectivity index (χ0v) is 23.2. The van der Waals surface area contributed by atoms with Crippen molar-refractivity contribution in [2.45, 2.75) is 45.1 Å². The molecule has 7 nitrogen and oxygen atoms in total. The van der Waals surface area contributed by atoms with Crippen LogP contribution < -0.4 is 9.62 Å². The molecule has 2 amide bonds. The lowest BCUT2D eigenvalue weighted by molar-refractivity contribution is -0.140. The fraction of sp³-hybridized carbons (Fsp3) is 0.310. The number of nitrogens with one attached hydrogen (secondary N) is 1. The molecule has 0 bridgehead atoms. The molecule has 3 aromatic carbocycles. The van der Waals surface area contributed by atoms with Crippen LogP contribution in [-0.2, 0) is 38.8 Å². The Balaban J connectivity index is 2.06. The summed E-state index contributed by atoms with van der Waals surface area (Å²) in [6.45, 7) is 2.73. The molecule has 0 radical (unpaired) electrons. The van der Waals surface area contributed by atoms with Crippen molar-refractivity contribution in [1.29, 1.82) is 0 Å². The van der Waals surface area contributed by atoms with Crippen LogP contribution in [0.25, 0.3) is 0 Å². The topological polar surface area (TPSA) is 86.8 Å². The molecule has 0 saturated heterocycles. The summed E-state index contributed by atoms with van der Waals surface area (Å²) in [4.78, 5) is 28.6. The van der Waals surface area contributed by atoms with Crippen LogP contribution in [0.5, 0.6) is 0 Å². The van der Waals surface area contributed by atoms with Gasteiger partial charge in [0.25, 0.3) is 0 Å². The first-order chi connectivity index (χ1) is 18.8. The second-order valence-electron chi connectivity index (χ2n) is 9.69. The molecular formula is C29H32F3N3O4S. The molecule has 0 heterocycles. The quantitative estimate of drug-likeness (QED) is 0.361. The highest BCUT2D eigenvalue weighted by Crippen LogP contribution is 2.32. The number of carbonyl (C=O) groups is 2. The van der Waals surface area contributed by atoms with Crippen molar-refractivity contribution in [2.24, 2.45) is 0 Å². The second kappa shape index (κ2) is 13.0. The maximum atomic E-state index is 13.9. The van der Waals surface area contributed by atoms with Gasteiger partial charge in [0.15, 0.2) is 0 Å². The molecule has 0 aliphatic rings. The summed E-state index contributed by atoms with van der Waals surface area (Å²) in [5.74, 6) is -1.18. The Bertz CT molecular complexity index is 1400. The van der Waals surface area contributed by atoms with Gasteiger partial charge in [-0.2, -0.15) is 13.2 Å². The molecule has 0 saturated carbocycles. The first-order valence-corrected chi connectivity index (χ1v) is 14.4. The molecule has 0 aliphatic heterocycles. The van der Waals surface area contributed by atoms with Crippen LogP contribution in [0.2, 0.25) is 0 Å². The number of nitrogens with zero attached hydrogens (tertiary/aromatic N) is 2. The number of benzene rings is 3. The molecule has 214 valence electrons. The minimum atomic E-state index is -4.71. The summed E-state index contributed by atoms with van der Waals surface area (Å²) in [5, 5.41) is 2.83. The van der Waals surface area contributed by atoms with Gasteiger partial charge in [-0.05, 0) is 43.2 Å². The molecule has 1 atom stereocenters. The molecule has 0 aromatic heterocycles. The van der Waals surface area contributed by atoms with E-state index < -0.39 is 46.2 Å². The summed E-state index contributed by atoms with van der Waals surface area (Å²) in [7, 11) is -4.19. The number of sulfonamides is 1. The minimum Gasteiger partial charge on any atom is -0.352 e. The molecule has 40 heavy (non-hydrogen) atoms. The van der Waals surface area contributed by atoms with Gasteiger partial charge in [-0.25, -0.2) is 8.42 Å². The van der Waals surface area contributed by atoms with Gasteiger partial charge in [0.05, 0.1) is 17.5 Å². The van der Waals surface area contributed by atoms with Crippen LogP contribution in [0.3, 0.4) is 0 Å². The van der Waals surface area contributed by atoms with Crippen LogP contribution in [0, 0.1) is 0 Å². The van der Waals surface area contributed by atoms with Gasteiger partial charge in [0.2, 0.25) is 21.8 Å². The molecule has 11 heteroatoms. The minimum absolute atomic E-state index is 0.0249. The van der Waals surface area contributed by atoms with E-state index in [1.54, 1.807) is 56.3 Å². The van der Waals surface area contributed by atoms with Gasteiger partial charge in [-0.15, -0.1) is 0 Å². The third-order valence-electron chi connectivity index (χ3n) is 6.04. The highest BCUT2D eigenvalue weighted by Gasteiger charge is 2.35. The number of alkyl halides is 3. The van der Waals surface area contributed by atoms with Crippen molar-refractivity contribution in [3.8, 4) is 0 Å². The first kappa shape index (κ1) is 30.7. The predicted octanol–water partition coefficient (Wildman–Crippen LogP) is 4.64. The SMILES string of the molecule is CC(C)NC(=O)[C@H](Cc1ccccc1)N(Cc1ccccc1)C(=O)CN(c1cccc(C(F)(F)F)c1)S(C)(=O)=O. The van der Waals surface area contributed by atoms with Crippen LogP contribution in [0.4, 0.5) is 18.9 Å². The van der Waals surface area contributed by atoms with E-state index in [1.807, 2.05) is 18.2 Å². The Kier molecular flexibility index (Phi) is 9.97. The summed E-state index contributed by atoms with van der Waals surface area (Å²) in [6.07, 6.45) is -3.76. The van der Waals surface area contributed by atoms with Crippen molar-refractivity contribution < 1.29 is 31.2 Å². The number of halogens is 3. The normalized spacial score (nSPS) is 12.6. The van der Waals surface area contributed by atoms with Crippen molar-refractivity contribution in [3.05, 3.63) is 102 Å². The third kappa shape index (κ3) is 8.57. The van der Waals surface area contributed by atoms with E-state index >= 15 is 0 Å². The van der Waals surface area contributed by atoms with Gasteiger partial charge in [-0.1, -0.05) is 66.7 Å². The van der Waals surface area contributed by atoms with Gasteiger partial charge in [-0.3, -0.25) is 13.9 Å². The number of hydrogen-bond donors (Lipinski definition) is 1. The van der Waals surface area contributed by atoms with E-state index in [2.05, 4.69) is 5.32 Å². The number of amides is 2. The van der Waals surface area contributed by atoms with Crippen molar-refractivity contribution >= 4 is 27.5 Å². The van der Waals surface area contributed by atoms with E-state index in [0.29, 0.717) is 15.9 Å². The summed E-state index contributed by atoms with van der Waals surface area (Å²) < 4.78 is 66.3. The van der Waals surface area contributed by atoms with E-state index in [-0.39, 0.29) is 24.7 Å². The summed E-state index contributed by atoms with van der Waals surface area (Å²) >= 11 is 0. The molecule has 0 fully saturated rings. The standard InChI is InChI=1S/C29H32F3N3O4S/c1-21(2)33-28(37)26(17-22-11-6-4-7-12-22)34(19-23-13-8-5-9-14-23)27(36)20-35(40(3,38)39)25-16-10-15-24(18-25)29(30,31)32/h4-16,18,21,26H,17,19-20H2,1-3H3,(H,33,37)/t26-/m0/s1. The Morgan fingerprint density at radius 2 is 1.45 bits per heavy atom. The van der Waals surface area contributed by atoms with E-state index in [4.69, 9.17) is 0 Å². The Hall–Kier alpha value is -3.86. The molecular weight excluding hydrogens is 543 g/mol. The van der Waals surface area contributed by atoms with Crippen LogP contribution in [-0.4, -0.2) is 50.0 Å². The molecule has 0 spiro atoms. The van der Waals surface area contributed by atoms with Crippen LogP contribution in [0.1, 0.15) is 30.5 Å². The fourth-order valence-electron chi connectivity index (χ4n) is 4.17. The van der Waals surface area contributed by atoms with Gasteiger partial charge in [0, 0.05) is 19.0 Å². The highest BCUT2D eigenvalue weighted by atomic mass is 32.2. The number of carbonyl (C=O) groups excluding carboxylic acids is 2. The molecule has 3 rings (SSSR count). The Labute approximate surface area is 232 Å². The Morgan fingerprint density at radius 1 is 0.875 bits per heavy atom. The van der Waals surface area contributed by atoms with Crippen molar-refractivity contribution in [3.63, 3.8) is 0 Å². The summed E-state index contributed by atoms with van der Waals surface area (Å²) in [5.41, 5.74) is 0.105. The number of rotatable bonds is 11. The van der Waals surface area contributed by atoms with E-state index in [0.717, 1.165) is 24.0 Å². The Morgan fingerprint density at radius 3 is 1.98 bits per heavy atom. The zero-order chi connectivity index (χ0) is 29.5. The van der Waals surface area contributed by atoms with Gasteiger partial charge >= 0.3 is 6.18 Å². The molecule has 3 aromatic rings. The monoisotopic (exact) mass is 575 g/mol. The lowest BCUT2D eigenvalue weighted by atomic mass is 10.0. The number of hydrogen-bond acceptors (Lipinski definition) is 4. The maximum absolute atomic E-state index is 13.9. The number of anilines is 1. The van der Waals surface area contributed by atoms with Gasteiger partial charge in [0.1, 0.15) is 12.6 Å². The van der Waals surface area contributed by atoms with Crippen LogP contribution >= 0.6 is 0 Å². The average Bonchev–Trinajstić information content (AvgIpc) is 2.89. The maximum Gasteiger partial charge on any atom is 0.416 e. The second-order valence-corrected chi connectivity index (χ2v) is 11.6. The highest BCUT2D eigenvalue weighted by molar-refractivity contribution is 7.92. The predicted molar refractivity (Wildman–Crippen MR) is 148 cm³/mol. The summed E-state index contributed by atoms with van der Waals surface area (Å²) in [6, 6.07) is 20.4. The van der Waals surface area contributed by atoms with Crippen LogP contribution in [0.15, 0.2) is 84.9 Å². The van der Waals surface area contributed by atoms with E-state index in [1.165, 1.54) is 11.0 Å². The lowest BCUT2D eigenvalue weighted by Crippen LogP contribution is -2.54. The van der Waals surface area contributed by atoms with Crippen molar-refractivity contribution in [1.82, 2.24) is 10.2 Å². The fourth-order valence-corrected chi connectivity index (χ4v) is 5.01. The van der Waals surface area contributed by atoms with E-state index in [9.17, 15) is 31.2 Å². The molecule has 1 N–H and O–H groups in total. The molecule has 0 unspecified atom stereocenters. The third-order valence-corrected chi connectivity index (χ3v) is 7.18. The van der Waals surface area contributed by atoms with Crippen molar-refractivity contribution in [2.75, 3.05) is 17.1 Å². The van der Waals surface area contributed by atoms with Gasteiger partial charge < -0.3 is 10.2 Å². The largest absolute Gasteiger partial charge is 0.416 e. The average molecular weight is 576 g/mol. The lowest BCUT2D eigenvalue weighted by Gasteiger charge is -2.34. The smallest absolute Gasteiger partial charge is 0.352 e. The zero-order valence-electron chi connectivity index (χ0n) is 22.4. The first-order valence-electron chi connectivity index (χ1n) is 12.6. The molecule has 0 aliphatic carbocycles.